The van der Waals surface area contributed by atoms with Gasteiger partial charge in [0.1, 0.15) is 17.4 Å². The number of hydrogen-bond donors (Lipinski definition) is 2. The lowest BCUT2D eigenvalue weighted by Gasteiger charge is -2.14. The molecular weight excluding hydrogens is 398 g/mol. The molecule has 1 aromatic heterocycles. The lowest BCUT2D eigenvalue weighted by molar-refractivity contribution is -0.142. The molecule has 0 fully saturated rings. The molecule has 0 saturated heterocycles. The fraction of sp³-hybridized carbons (Fsp3) is 0.292. The molecule has 2 N–H and O–H groups in total. The SMILES string of the molecule is CCC[C@H](NC(=O)COc1ccc2c(C)c(Cc3ccccc3)c(=O)oc2c1)C(=O)O. The van der Waals surface area contributed by atoms with Gasteiger partial charge in [0, 0.05) is 23.4 Å². The Balaban J connectivity index is 1.74. The normalized spacial score (nSPS) is 11.8. The van der Waals surface area contributed by atoms with Crippen molar-refractivity contribution in [1.29, 1.82) is 0 Å². The van der Waals surface area contributed by atoms with Crippen LogP contribution in [0.5, 0.6) is 5.75 Å². The van der Waals surface area contributed by atoms with Gasteiger partial charge in [-0.2, -0.15) is 0 Å². The monoisotopic (exact) mass is 423 g/mol. The van der Waals surface area contributed by atoms with E-state index in [1.54, 1.807) is 18.2 Å². The molecule has 1 atom stereocenters. The first-order valence-electron chi connectivity index (χ1n) is 10.1. The van der Waals surface area contributed by atoms with Gasteiger partial charge < -0.3 is 19.6 Å². The van der Waals surface area contributed by atoms with Gasteiger partial charge in [-0.15, -0.1) is 0 Å². The molecule has 1 amide bonds. The van der Waals surface area contributed by atoms with Crippen molar-refractivity contribution in [3.8, 4) is 5.75 Å². The van der Waals surface area contributed by atoms with E-state index < -0.39 is 23.5 Å². The molecule has 0 radical (unpaired) electrons. The van der Waals surface area contributed by atoms with Gasteiger partial charge in [0.05, 0.1) is 0 Å². The maximum Gasteiger partial charge on any atom is 0.340 e. The number of rotatable bonds is 9. The second kappa shape index (κ2) is 9.93. The summed E-state index contributed by atoms with van der Waals surface area (Å²) in [7, 11) is 0. The molecule has 0 bridgehead atoms. The first-order chi connectivity index (χ1) is 14.9. The molecule has 0 unspecified atom stereocenters. The average Bonchev–Trinajstić information content (AvgIpc) is 2.75. The van der Waals surface area contributed by atoms with Crippen molar-refractivity contribution in [3.05, 3.63) is 75.6 Å². The molecule has 0 spiro atoms. The van der Waals surface area contributed by atoms with Crippen LogP contribution >= 0.6 is 0 Å². The van der Waals surface area contributed by atoms with Gasteiger partial charge in [0.15, 0.2) is 6.61 Å². The Morgan fingerprint density at radius 2 is 1.90 bits per heavy atom. The van der Waals surface area contributed by atoms with E-state index in [1.807, 2.05) is 44.2 Å². The molecule has 0 saturated carbocycles. The van der Waals surface area contributed by atoms with Crippen LogP contribution in [0.15, 0.2) is 57.7 Å². The summed E-state index contributed by atoms with van der Waals surface area (Å²) in [6.45, 7) is 3.38. The highest BCUT2D eigenvalue weighted by atomic mass is 16.5. The van der Waals surface area contributed by atoms with E-state index in [0.29, 0.717) is 36.2 Å². The number of carbonyl (C=O) groups excluding carboxylic acids is 1. The highest BCUT2D eigenvalue weighted by Crippen LogP contribution is 2.25. The van der Waals surface area contributed by atoms with Crippen molar-refractivity contribution in [2.45, 2.75) is 39.2 Å². The minimum atomic E-state index is -1.08. The second-order valence-corrected chi connectivity index (χ2v) is 7.35. The number of amides is 1. The van der Waals surface area contributed by atoms with E-state index in [2.05, 4.69) is 5.32 Å². The third kappa shape index (κ3) is 5.51. The van der Waals surface area contributed by atoms with E-state index in [4.69, 9.17) is 14.3 Å². The number of benzene rings is 2. The summed E-state index contributed by atoms with van der Waals surface area (Å²) in [4.78, 5) is 35.7. The summed E-state index contributed by atoms with van der Waals surface area (Å²) < 4.78 is 11.0. The number of nitrogens with one attached hydrogen (secondary N) is 1. The molecule has 0 aliphatic heterocycles. The van der Waals surface area contributed by atoms with Crippen LogP contribution in [-0.4, -0.2) is 29.6 Å². The van der Waals surface area contributed by atoms with Gasteiger partial charge in [-0.25, -0.2) is 9.59 Å². The number of aryl methyl sites for hydroxylation is 1. The molecule has 2 aromatic carbocycles. The Morgan fingerprint density at radius 1 is 1.16 bits per heavy atom. The first kappa shape index (κ1) is 22.1. The number of aliphatic carboxylic acids is 1. The van der Waals surface area contributed by atoms with Crippen molar-refractivity contribution in [2.24, 2.45) is 0 Å². The standard InChI is InChI=1S/C24H25NO6/c1-3-7-20(23(27)28)25-22(26)14-30-17-10-11-18-15(2)19(24(29)31-21(18)13-17)12-16-8-5-4-6-9-16/h4-6,8-11,13,20H,3,7,12,14H2,1-2H3,(H,25,26)(H,27,28)/t20-/m0/s1. The van der Waals surface area contributed by atoms with Gasteiger partial charge in [-0.1, -0.05) is 43.7 Å². The molecule has 7 heteroatoms. The van der Waals surface area contributed by atoms with Crippen LogP contribution in [-0.2, 0) is 16.0 Å². The summed E-state index contributed by atoms with van der Waals surface area (Å²) in [5.74, 6) is -1.26. The first-order valence-corrected chi connectivity index (χ1v) is 10.1. The van der Waals surface area contributed by atoms with Crippen LogP contribution in [0.1, 0.15) is 36.5 Å². The summed E-state index contributed by atoms with van der Waals surface area (Å²) >= 11 is 0. The van der Waals surface area contributed by atoms with Gasteiger partial charge in [-0.3, -0.25) is 4.79 Å². The number of ether oxygens (including phenoxy) is 1. The molecule has 3 rings (SSSR count). The third-order valence-electron chi connectivity index (χ3n) is 5.06. The minimum Gasteiger partial charge on any atom is -0.484 e. The van der Waals surface area contributed by atoms with Crippen LogP contribution in [0.2, 0.25) is 0 Å². The quantitative estimate of drug-likeness (QED) is 0.511. The molecule has 31 heavy (non-hydrogen) atoms. The van der Waals surface area contributed by atoms with Crippen molar-refractivity contribution in [3.63, 3.8) is 0 Å². The minimum absolute atomic E-state index is 0.339. The summed E-state index contributed by atoms with van der Waals surface area (Å²) in [5, 5.41) is 12.4. The van der Waals surface area contributed by atoms with Crippen molar-refractivity contribution in [2.75, 3.05) is 6.61 Å². The highest BCUT2D eigenvalue weighted by Gasteiger charge is 2.19. The van der Waals surface area contributed by atoms with Crippen molar-refractivity contribution in [1.82, 2.24) is 5.32 Å². The molecular formula is C24H25NO6. The van der Waals surface area contributed by atoms with Crippen LogP contribution in [0, 0.1) is 6.92 Å². The van der Waals surface area contributed by atoms with E-state index in [0.717, 1.165) is 16.5 Å². The number of carboxylic acids is 1. The number of carboxylic acid groups (broad SMARTS) is 1. The van der Waals surface area contributed by atoms with E-state index in [1.165, 1.54) is 0 Å². The Morgan fingerprint density at radius 3 is 2.58 bits per heavy atom. The zero-order valence-corrected chi connectivity index (χ0v) is 17.5. The fourth-order valence-electron chi connectivity index (χ4n) is 3.40. The van der Waals surface area contributed by atoms with E-state index in [-0.39, 0.29) is 6.61 Å². The van der Waals surface area contributed by atoms with Crippen LogP contribution < -0.4 is 15.7 Å². The Labute approximate surface area is 179 Å². The predicted molar refractivity (Wildman–Crippen MR) is 116 cm³/mol. The molecule has 162 valence electrons. The topological polar surface area (TPSA) is 106 Å². The maximum atomic E-state index is 12.6. The third-order valence-corrected chi connectivity index (χ3v) is 5.06. The highest BCUT2D eigenvalue weighted by molar-refractivity contribution is 5.85. The van der Waals surface area contributed by atoms with Gasteiger partial charge in [0.2, 0.25) is 0 Å². The lowest BCUT2D eigenvalue weighted by atomic mass is 10.00. The Bertz CT molecular complexity index is 1140. The second-order valence-electron chi connectivity index (χ2n) is 7.35. The fourth-order valence-corrected chi connectivity index (χ4v) is 3.40. The van der Waals surface area contributed by atoms with E-state index in [9.17, 15) is 14.4 Å². The lowest BCUT2D eigenvalue weighted by Crippen LogP contribution is -2.42. The zero-order valence-electron chi connectivity index (χ0n) is 17.5. The number of hydrogen-bond acceptors (Lipinski definition) is 5. The van der Waals surface area contributed by atoms with E-state index >= 15 is 0 Å². The number of fused-ring (bicyclic) bond motifs is 1. The van der Waals surface area contributed by atoms with Crippen molar-refractivity contribution >= 4 is 22.8 Å². The predicted octanol–water partition coefficient (Wildman–Crippen LogP) is 3.44. The maximum absolute atomic E-state index is 12.6. The molecule has 7 nitrogen and oxygen atoms in total. The van der Waals surface area contributed by atoms with Crippen LogP contribution in [0.4, 0.5) is 0 Å². The van der Waals surface area contributed by atoms with Crippen LogP contribution in [0.25, 0.3) is 11.0 Å². The molecule has 0 aliphatic rings. The number of carbonyl (C=O) groups is 2. The zero-order chi connectivity index (χ0) is 22.4. The van der Waals surface area contributed by atoms with Crippen molar-refractivity contribution < 1.29 is 23.8 Å². The van der Waals surface area contributed by atoms with Gasteiger partial charge in [-0.05, 0) is 36.6 Å². The Hall–Kier alpha value is -3.61. The average molecular weight is 423 g/mol. The smallest absolute Gasteiger partial charge is 0.340 e. The Kier molecular flexibility index (Phi) is 7.07. The molecule has 3 aromatic rings. The van der Waals surface area contributed by atoms with Gasteiger partial charge >= 0.3 is 11.6 Å². The molecule has 1 heterocycles. The summed E-state index contributed by atoms with van der Waals surface area (Å²) in [6.07, 6.45) is 1.45. The van der Waals surface area contributed by atoms with Gasteiger partial charge in [0.25, 0.3) is 5.91 Å². The summed E-state index contributed by atoms with van der Waals surface area (Å²) in [6, 6.07) is 13.8. The summed E-state index contributed by atoms with van der Waals surface area (Å²) in [5.41, 5.74) is 2.41. The molecule has 0 aliphatic carbocycles. The van der Waals surface area contributed by atoms with Crippen LogP contribution in [0.3, 0.4) is 0 Å². The largest absolute Gasteiger partial charge is 0.484 e.